The Morgan fingerprint density at radius 1 is 1.13 bits per heavy atom. The molecular formula is C11H9N3S. The van der Waals surface area contributed by atoms with Gasteiger partial charge in [-0.1, -0.05) is 0 Å². The van der Waals surface area contributed by atoms with Gasteiger partial charge in [0.05, 0.1) is 0 Å². The summed E-state index contributed by atoms with van der Waals surface area (Å²) in [5, 5.41) is 2.14. The maximum absolute atomic E-state index is 4.17. The van der Waals surface area contributed by atoms with Gasteiger partial charge in [0.25, 0.3) is 0 Å². The van der Waals surface area contributed by atoms with Crippen molar-refractivity contribution in [2.24, 2.45) is 0 Å². The Hall–Kier alpha value is -1.55. The first kappa shape index (κ1) is 8.73. The van der Waals surface area contributed by atoms with Gasteiger partial charge in [-0.2, -0.15) is 0 Å². The van der Waals surface area contributed by atoms with E-state index in [1.807, 2.05) is 0 Å². The molecule has 0 spiro atoms. The molecule has 0 saturated heterocycles. The second kappa shape index (κ2) is 3.55. The van der Waals surface area contributed by atoms with E-state index in [4.69, 9.17) is 0 Å². The molecule has 2 heterocycles. The zero-order valence-corrected chi connectivity index (χ0v) is 8.87. The number of aromatic nitrogens is 3. The first-order valence-corrected chi connectivity index (χ1v) is 5.71. The fourth-order valence-corrected chi connectivity index (χ4v) is 2.67. The Balaban J connectivity index is 2.04. The summed E-state index contributed by atoms with van der Waals surface area (Å²) in [7, 11) is 0. The summed E-state index contributed by atoms with van der Waals surface area (Å²) in [4.78, 5) is 13.5. The molecule has 1 aliphatic carbocycles. The van der Waals surface area contributed by atoms with Crippen LogP contribution in [0.1, 0.15) is 22.7 Å². The molecule has 4 heteroatoms. The van der Waals surface area contributed by atoms with Gasteiger partial charge >= 0.3 is 0 Å². The summed E-state index contributed by atoms with van der Waals surface area (Å²) in [6.45, 7) is 0. The highest BCUT2D eigenvalue weighted by Gasteiger charge is 2.13. The molecule has 0 aromatic carbocycles. The Bertz CT molecular complexity index is 502. The van der Waals surface area contributed by atoms with Gasteiger partial charge in [0.1, 0.15) is 12.7 Å². The second-order valence-electron chi connectivity index (χ2n) is 3.44. The quantitative estimate of drug-likeness (QED) is 0.733. The van der Waals surface area contributed by atoms with E-state index in [1.165, 1.54) is 16.0 Å². The monoisotopic (exact) mass is 215 g/mol. The van der Waals surface area contributed by atoms with Gasteiger partial charge in [0.2, 0.25) is 0 Å². The maximum atomic E-state index is 4.17. The number of aryl methyl sites for hydroxylation is 1. The van der Waals surface area contributed by atoms with Crippen LogP contribution in [0, 0.1) is 0 Å². The van der Waals surface area contributed by atoms with Crippen molar-refractivity contribution in [3.05, 3.63) is 40.4 Å². The Kier molecular flexibility index (Phi) is 2.07. The number of allylic oxidation sites excluding steroid dienone is 1. The Labute approximate surface area is 91.6 Å². The average Bonchev–Trinajstić information content (AvgIpc) is 2.77. The van der Waals surface area contributed by atoms with Crippen molar-refractivity contribution >= 4 is 23.0 Å². The van der Waals surface area contributed by atoms with Crippen molar-refractivity contribution in [2.45, 2.75) is 12.8 Å². The minimum atomic E-state index is 0.809. The molecule has 0 amide bonds. The van der Waals surface area contributed by atoms with E-state index in [1.54, 1.807) is 24.0 Å². The van der Waals surface area contributed by atoms with E-state index < -0.39 is 0 Å². The largest absolute Gasteiger partial charge is 0.225 e. The topological polar surface area (TPSA) is 38.7 Å². The maximum Gasteiger partial charge on any atom is 0.158 e. The highest BCUT2D eigenvalue weighted by molar-refractivity contribution is 7.11. The van der Waals surface area contributed by atoms with Gasteiger partial charge in [-0.15, -0.1) is 11.3 Å². The fourth-order valence-electron chi connectivity index (χ4n) is 1.76. The van der Waals surface area contributed by atoms with Gasteiger partial charge in [0, 0.05) is 4.88 Å². The molecule has 3 rings (SSSR count). The Morgan fingerprint density at radius 2 is 2.00 bits per heavy atom. The lowest BCUT2D eigenvalue weighted by Crippen LogP contribution is -2.00. The summed E-state index contributed by atoms with van der Waals surface area (Å²) in [5.41, 5.74) is 2.66. The molecule has 74 valence electrons. The van der Waals surface area contributed by atoms with Crippen molar-refractivity contribution in [3.63, 3.8) is 0 Å². The molecule has 1 aliphatic rings. The second-order valence-corrected chi connectivity index (χ2v) is 4.39. The molecule has 15 heavy (non-hydrogen) atoms. The highest BCUT2D eigenvalue weighted by atomic mass is 32.1. The van der Waals surface area contributed by atoms with Crippen LogP contribution in [0.25, 0.3) is 11.6 Å². The van der Waals surface area contributed by atoms with Crippen LogP contribution in [-0.4, -0.2) is 15.0 Å². The molecule has 3 nitrogen and oxygen atoms in total. The zero-order chi connectivity index (χ0) is 10.1. The lowest BCUT2D eigenvalue weighted by Gasteiger charge is -2.11. The van der Waals surface area contributed by atoms with Crippen molar-refractivity contribution in [1.29, 1.82) is 0 Å². The molecule has 2 aromatic rings. The summed E-state index contributed by atoms with van der Waals surface area (Å²) in [6, 6.07) is 2.20. The molecule has 0 bridgehead atoms. The lowest BCUT2D eigenvalue weighted by atomic mass is 9.98. The van der Waals surface area contributed by atoms with Crippen molar-refractivity contribution in [1.82, 2.24) is 15.0 Å². The summed E-state index contributed by atoms with van der Waals surface area (Å²) >= 11 is 1.78. The normalized spacial score (nSPS) is 14.5. The third kappa shape index (κ3) is 1.57. The molecule has 0 aliphatic heterocycles. The molecule has 0 saturated carbocycles. The van der Waals surface area contributed by atoms with Crippen LogP contribution in [0.2, 0.25) is 0 Å². The third-order valence-corrected chi connectivity index (χ3v) is 3.44. The number of hydrogen-bond donors (Lipinski definition) is 0. The van der Waals surface area contributed by atoms with E-state index in [9.17, 15) is 0 Å². The van der Waals surface area contributed by atoms with Gasteiger partial charge in [-0.3, -0.25) is 0 Å². The van der Waals surface area contributed by atoms with Crippen molar-refractivity contribution < 1.29 is 0 Å². The minimum absolute atomic E-state index is 0.809. The van der Waals surface area contributed by atoms with Crippen LogP contribution >= 0.6 is 11.3 Å². The number of rotatable bonds is 1. The van der Waals surface area contributed by atoms with Crippen LogP contribution in [0.3, 0.4) is 0 Å². The van der Waals surface area contributed by atoms with Gasteiger partial charge < -0.3 is 0 Å². The first-order chi connectivity index (χ1) is 7.43. The summed E-state index contributed by atoms with van der Waals surface area (Å²) in [6.07, 6.45) is 7.41. The van der Waals surface area contributed by atoms with Gasteiger partial charge in [-0.25, -0.2) is 15.0 Å². The molecular weight excluding hydrogens is 206 g/mol. The van der Waals surface area contributed by atoms with Gasteiger partial charge in [-0.05, 0) is 41.5 Å². The van der Waals surface area contributed by atoms with Crippen LogP contribution in [0.15, 0.2) is 24.1 Å². The Morgan fingerprint density at radius 3 is 2.87 bits per heavy atom. The zero-order valence-electron chi connectivity index (χ0n) is 8.05. The third-order valence-electron chi connectivity index (χ3n) is 2.53. The minimum Gasteiger partial charge on any atom is -0.225 e. The highest BCUT2D eigenvalue weighted by Crippen LogP contribution is 2.31. The smallest absolute Gasteiger partial charge is 0.158 e. The number of fused-ring (bicyclic) bond motifs is 1. The van der Waals surface area contributed by atoms with E-state index in [-0.39, 0.29) is 0 Å². The average molecular weight is 215 g/mol. The van der Waals surface area contributed by atoms with Crippen molar-refractivity contribution in [3.8, 4) is 0 Å². The standard InChI is InChI=1S/C11H9N3S/c1-2-9(11-13-6-12-7-14-11)5-10-8(1)3-4-15-10/h3-7H,1-2H2. The molecule has 0 atom stereocenters. The first-order valence-electron chi connectivity index (χ1n) is 4.83. The van der Waals surface area contributed by atoms with Gasteiger partial charge in [0.15, 0.2) is 5.82 Å². The molecule has 0 fully saturated rings. The van der Waals surface area contributed by atoms with E-state index in [2.05, 4.69) is 32.5 Å². The van der Waals surface area contributed by atoms with E-state index >= 15 is 0 Å². The van der Waals surface area contributed by atoms with E-state index in [0.717, 1.165) is 18.7 Å². The molecule has 2 aromatic heterocycles. The number of hydrogen-bond acceptors (Lipinski definition) is 4. The predicted molar refractivity (Wildman–Crippen MR) is 60.3 cm³/mol. The fraction of sp³-hybridized carbons (Fsp3) is 0.182. The van der Waals surface area contributed by atoms with E-state index in [0.29, 0.717) is 0 Å². The number of nitrogens with zero attached hydrogens (tertiary/aromatic N) is 3. The summed E-state index contributed by atoms with van der Waals surface area (Å²) in [5.74, 6) is 0.809. The van der Waals surface area contributed by atoms with Crippen LogP contribution < -0.4 is 0 Å². The molecule has 0 radical (unpaired) electrons. The van der Waals surface area contributed by atoms with Crippen LogP contribution in [-0.2, 0) is 6.42 Å². The number of thiophene rings is 1. The molecule has 0 N–H and O–H groups in total. The predicted octanol–water partition coefficient (Wildman–Crippen LogP) is 2.42. The van der Waals surface area contributed by atoms with Crippen molar-refractivity contribution in [2.75, 3.05) is 0 Å². The molecule has 0 unspecified atom stereocenters. The summed E-state index contributed by atoms with van der Waals surface area (Å²) < 4.78 is 0. The SMILES string of the molecule is C1=C(c2ncncn2)CCc2ccsc21. The van der Waals surface area contributed by atoms with Crippen LogP contribution in [0.4, 0.5) is 0 Å². The lowest BCUT2D eigenvalue weighted by molar-refractivity contribution is 0.953. The van der Waals surface area contributed by atoms with Crippen LogP contribution in [0.5, 0.6) is 0 Å².